The second kappa shape index (κ2) is 8.94. The molecule has 1 amide bonds. The zero-order valence-corrected chi connectivity index (χ0v) is 17.2. The van der Waals surface area contributed by atoms with Crippen molar-refractivity contribution in [1.82, 2.24) is 4.31 Å². The van der Waals surface area contributed by atoms with Crippen LogP contribution < -0.4 is 10.1 Å². The second-order valence-electron chi connectivity index (χ2n) is 6.80. The summed E-state index contributed by atoms with van der Waals surface area (Å²) in [6, 6.07) is 13.8. The van der Waals surface area contributed by atoms with E-state index in [1.54, 1.807) is 55.6 Å². The van der Waals surface area contributed by atoms with Gasteiger partial charge in [0.25, 0.3) is 0 Å². The minimum absolute atomic E-state index is 0.103. The zero-order valence-electron chi connectivity index (χ0n) is 15.6. The highest BCUT2D eigenvalue weighted by atomic mass is 35.5. The lowest BCUT2D eigenvalue weighted by atomic mass is 9.98. The Hall–Kier alpha value is -2.09. The molecular weight excluding hydrogens is 400 g/mol. The van der Waals surface area contributed by atoms with E-state index >= 15 is 0 Å². The van der Waals surface area contributed by atoms with Crippen LogP contribution in [0.3, 0.4) is 0 Å². The summed E-state index contributed by atoms with van der Waals surface area (Å²) < 4.78 is 32.2. The number of hydrogen-bond acceptors (Lipinski definition) is 4. The molecular formula is C20H23ClN2O4S. The maximum atomic E-state index is 12.8. The van der Waals surface area contributed by atoms with Crippen LogP contribution in [0.5, 0.6) is 5.75 Å². The summed E-state index contributed by atoms with van der Waals surface area (Å²) in [7, 11) is -1.95. The van der Waals surface area contributed by atoms with Crippen LogP contribution in [0, 0.1) is 5.92 Å². The molecule has 1 N–H and O–H groups in total. The minimum atomic E-state index is -3.51. The van der Waals surface area contributed by atoms with Gasteiger partial charge >= 0.3 is 0 Å². The molecule has 0 radical (unpaired) electrons. The molecule has 0 aliphatic carbocycles. The first-order valence-electron chi connectivity index (χ1n) is 9.04. The molecule has 0 aromatic heterocycles. The molecule has 0 spiro atoms. The van der Waals surface area contributed by atoms with Gasteiger partial charge in [0.15, 0.2) is 0 Å². The Morgan fingerprint density at radius 1 is 1.25 bits per heavy atom. The predicted octanol–water partition coefficient (Wildman–Crippen LogP) is 3.53. The number of nitrogens with one attached hydrogen (secondary N) is 1. The van der Waals surface area contributed by atoms with Crippen molar-refractivity contribution in [1.29, 1.82) is 0 Å². The number of ether oxygens (including phenoxy) is 1. The van der Waals surface area contributed by atoms with Gasteiger partial charge in [-0.05, 0) is 42.7 Å². The van der Waals surface area contributed by atoms with Crippen molar-refractivity contribution in [3.8, 4) is 5.75 Å². The quantitative estimate of drug-likeness (QED) is 0.772. The lowest BCUT2D eigenvalue weighted by molar-refractivity contribution is -0.120. The van der Waals surface area contributed by atoms with Gasteiger partial charge in [-0.15, -0.1) is 0 Å². The van der Waals surface area contributed by atoms with Gasteiger partial charge in [-0.3, -0.25) is 4.79 Å². The summed E-state index contributed by atoms with van der Waals surface area (Å²) >= 11 is 5.86. The van der Waals surface area contributed by atoms with E-state index in [1.807, 2.05) is 0 Å². The fourth-order valence-electron chi connectivity index (χ4n) is 3.24. The lowest BCUT2D eigenvalue weighted by Gasteiger charge is -2.31. The van der Waals surface area contributed by atoms with Crippen LogP contribution in [0.15, 0.2) is 48.5 Å². The Morgan fingerprint density at radius 2 is 2.00 bits per heavy atom. The van der Waals surface area contributed by atoms with E-state index in [0.717, 1.165) is 0 Å². The molecule has 8 heteroatoms. The monoisotopic (exact) mass is 422 g/mol. The average molecular weight is 423 g/mol. The maximum Gasteiger partial charge on any atom is 0.228 e. The molecule has 1 atom stereocenters. The van der Waals surface area contributed by atoms with Crippen molar-refractivity contribution < 1.29 is 17.9 Å². The first-order valence-corrected chi connectivity index (χ1v) is 11.0. The van der Waals surface area contributed by atoms with E-state index < -0.39 is 10.0 Å². The molecule has 6 nitrogen and oxygen atoms in total. The van der Waals surface area contributed by atoms with Crippen molar-refractivity contribution in [2.45, 2.75) is 18.6 Å². The van der Waals surface area contributed by atoms with Gasteiger partial charge in [0.1, 0.15) is 5.75 Å². The van der Waals surface area contributed by atoms with Crippen LogP contribution in [0.2, 0.25) is 5.02 Å². The van der Waals surface area contributed by atoms with E-state index in [2.05, 4.69) is 5.32 Å². The highest BCUT2D eigenvalue weighted by molar-refractivity contribution is 7.88. The summed E-state index contributed by atoms with van der Waals surface area (Å²) in [4.78, 5) is 12.6. The number of sulfonamides is 1. The fraction of sp³-hybridized carbons (Fsp3) is 0.350. The number of piperidine rings is 1. The maximum absolute atomic E-state index is 12.8. The van der Waals surface area contributed by atoms with Gasteiger partial charge < -0.3 is 10.1 Å². The fourth-order valence-corrected chi connectivity index (χ4v) is 4.97. The Bertz CT molecular complexity index is 931. The second-order valence-corrected chi connectivity index (χ2v) is 9.21. The third-order valence-electron chi connectivity index (χ3n) is 4.75. The highest BCUT2D eigenvalue weighted by Gasteiger charge is 2.32. The third-order valence-corrected chi connectivity index (χ3v) is 6.82. The van der Waals surface area contributed by atoms with Crippen LogP contribution in [-0.4, -0.2) is 38.8 Å². The van der Waals surface area contributed by atoms with Crippen molar-refractivity contribution in [3.05, 3.63) is 59.1 Å². The zero-order chi connectivity index (χ0) is 20.1. The third kappa shape index (κ3) is 5.25. The molecule has 3 rings (SSSR count). The standard InChI is InChI=1S/C20H23ClN2O4S/c1-27-19-6-2-5-18(12-19)22-20(24)16-4-3-11-23(13-16)28(25,26)14-15-7-9-17(21)10-8-15/h2,5-10,12,16H,3-4,11,13-14H2,1H3,(H,22,24). The van der Waals surface area contributed by atoms with Gasteiger partial charge in [0.2, 0.25) is 15.9 Å². The Morgan fingerprint density at radius 3 is 2.71 bits per heavy atom. The number of anilines is 1. The number of rotatable bonds is 6. The number of methoxy groups -OCH3 is 1. The number of halogens is 1. The lowest BCUT2D eigenvalue weighted by Crippen LogP contribution is -2.44. The summed E-state index contributed by atoms with van der Waals surface area (Å²) in [5.74, 6) is -0.0257. The molecule has 1 aliphatic rings. The Balaban J connectivity index is 1.65. The molecule has 150 valence electrons. The van der Waals surface area contributed by atoms with Crippen molar-refractivity contribution >= 4 is 33.2 Å². The molecule has 1 heterocycles. The van der Waals surface area contributed by atoms with Crippen LogP contribution in [0.25, 0.3) is 0 Å². The molecule has 0 bridgehead atoms. The average Bonchev–Trinajstić information content (AvgIpc) is 2.70. The molecule has 1 unspecified atom stereocenters. The number of amides is 1. The SMILES string of the molecule is COc1cccc(NC(=O)C2CCCN(S(=O)(=O)Cc3ccc(Cl)cc3)C2)c1. The van der Waals surface area contributed by atoms with Gasteiger partial charge in [0, 0.05) is 29.9 Å². The summed E-state index contributed by atoms with van der Waals surface area (Å²) in [5, 5.41) is 3.42. The minimum Gasteiger partial charge on any atom is -0.497 e. The Labute approximate surface area is 170 Å². The van der Waals surface area contributed by atoms with Gasteiger partial charge in [0.05, 0.1) is 18.8 Å². The number of nitrogens with zero attached hydrogens (tertiary/aromatic N) is 1. The number of carbonyl (C=O) groups excluding carboxylic acids is 1. The van der Waals surface area contributed by atoms with E-state index in [9.17, 15) is 13.2 Å². The summed E-state index contributed by atoms with van der Waals surface area (Å²) in [6.45, 7) is 0.616. The van der Waals surface area contributed by atoms with Crippen LogP contribution in [0.1, 0.15) is 18.4 Å². The predicted molar refractivity (Wildman–Crippen MR) is 110 cm³/mol. The topological polar surface area (TPSA) is 75.7 Å². The largest absolute Gasteiger partial charge is 0.497 e. The van der Waals surface area contributed by atoms with E-state index in [1.165, 1.54) is 4.31 Å². The number of hydrogen-bond donors (Lipinski definition) is 1. The number of benzene rings is 2. The molecule has 1 fully saturated rings. The normalized spacial score (nSPS) is 17.9. The van der Waals surface area contributed by atoms with Gasteiger partial charge in [-0.25, -0.2) is 12.7 Å². The van der Waals surface area contributed by atoms with Crippen LogP contribution in [0.4, 0.5) is 5.69 Å². The van der Waals surface area contributed by atoms with Crippen molar-refractivity contribution in [2.24, 2.45) is 5.92 Å². The van der Waals surface area contributed by atoms with Gasteiger partial charge in [-0.2, -0.15) is 0 Å². The molecule has 2 aromatic rings. The first-order chi connectivity index (χ1) is 13.4. The molecule has 2 aromatic carbocycles. The smallest absolute Gasteiger partial charge is 0.228 e. The molecule has 1 saturated heterocycles. The summed E-state index contributed by atoms with van der Waals surface area (Å²) in [6.07, 6.45) is 1.30. The first kappa shape index (κ1) is 20.6. The molecule has 1 aliphatic heterocycles. The number of carbonyl (C=O) groups is 1. The molecule has 0 saturated carbocycles. The summed E-state index contributed by atoms with van der Waals surface area (Å²) in [5.41, 5.74) is 1.30. The van der Waals surface area contributed by atoms with Crippen LogP contribution in [-0.2, 0) is 20.6 Å². The molecule has 28 heavy (non-hydrogen) atoms. The van der Waals surface area contributed by atoms with Crippen LogP contribution >= 0.6 is 11.6 Å². The highest BCUT2D eigenvalue weighted by Crippen LogP contribution is 2.24. The van der Waals surface area contributed by atoms with E-state index in [0.29, 0.717) is 41.4 Å². The van der Waals surface area contributed by atoms with E-state index in [4.69, 9.17) is 16.3 Å². The van der Waals surface area contributed by atoms with Gasteiger partial charge in [-0.1, -0.05) is 29.8 Å². The van der Waals surface area contributed by atoms with Crippen molar-refractivity contribution in [3.63, 3.8) is 0 Å². The van der Waals surface area contributed by atoms with E-state index in [-0.39, 0.29) is 24.1 Å². The Kier molecular flexibility index (Phi) is 6.59. The van der Waals surface area contributed by atoms with Crippen molar-refractivity contribution in [2.75, 3.05) is 25.5 Å².